The van der Waals surface area contributed by atoms with Crippen molar-refractivity contribution >= 4 is 11.7 Å². The SMILES string of the molecule is CC(C)=C[C@H]1O[C@@](C)(C/C=C2\NC(=O)C=C2C)[C@@H]2C(=O)[C@@H]3[C@@H](CC[C@@H]3C)[C@H](C)[C@@]21O. The van der Waals surface area contributed by atoms with Gasteiger partial charge in [-0.25, -0.2) is 0 Å². The van der Waals surface area contributed by atoms with Crippen LogP contribution in [0.3, 0.4) is 0 Å². The van der Waals surface area contributed by atoms with Crippen molar-refractivity contribution in [2.75, 3.05) is 0 Å². The maximum absolute atomic E-state index is 13.8. The number of rotatable bonds is 3. The van der Waals surface area contributed by atoms with Crippen molar-refractivity contribution < 1.29 is 19.4 Å². The second-order valence-corrected chi connectivity index (χ2v) is 10.5. The highest BCUT2D eigenvalue weighted by molar-refractivity contribution is 5.94. The molecule has 8 atom stereocenters. The number of Topliss-reactive ketones (excluding diaryl/α,β-unsaturated/α-hetero) is 1. The van der Waals surface area contributed by atoms with Crippen molar-refractivity contribution in [2.24, 2.45) is 29.6 Å². The third-order valence-corrected chi connectivity index (χ3v) is 8.17. The minimum Gasteiger partial charge on any atom is -0.386 e. The summed E-state index contributed by atoms with van der Waals surface area (Å²) in [6, 6.07) is 0. The molecule has 0 aromatic heterocycles. The number of hydrogen-bond donors (Lipinski definition) is 2. The summed E-state index contributed by atoms with van der Waals surface area (Å²) >= 11 is 0. The van der Waals surface area contributed by atoms with E-state index in [-0.39, 0.29) is 29.4 Å². The Labute approximate surface area is 179 Å². The molecule has 1 saturated heterocycles. The summed E-state index contributed by atoms with van der Waals surface area (Å²) < 4.78 is 6.55. The van der Waals surface area contributed by atoms with Crippen LogP contribution in [-0.2, 0) is 14.3 Å². The summed E-state index contributed by atoms with van der Waals surface area (Å²) in [6.07, 6.45) is 7.48. The smallest absolute Gasteiger partial charge is 0.248 e. The molecule has 2 aliphatic carbocycles. The Morgan fingerprint density at radius 1 is 1.30 bits per heavy atom. The van der Waals surface area contributed by atoms with E-state index in [4.69, 9.17) is 4.74 Å². The van der Waals surface area contributed by atoms with Crippen LogP contribution in [-0.4, -0.2) is 34.1 Å². The van der Waals surface area contributed by atoms with E-state index in [2.05, 4.69) is 19.2 Å². The van der Waals surface area contributed by atoms with E-state index in [0.29, 0.717) is 12.3 Å². The van der Waals surface area contributed by atoms with Crippen LogP contribution in [0, 0.1) is 29.6 Å². The van der Waals surface area contributed by atoms with Gasteiger partial charge in [0.15, 0.2) is 0 Å². The second-order valence-electron chi connectivity index (χ2n) is 10.5. The number of hydrogen-bond acceptors (Lipinski definition) is 4. The van der Waals surface area contributed by atoms with E-state index in [1.165, 1.54) is 0 Å². The maximum Gasteiger partial charge on any atom is 0.248 e. The van der Waals surface area contributed by atoms with Crippen molar-refractivity contribution in [1.82, 2.24) is 5.32 Å². The largest absolute Gasteiger partial charge is 0.386 e. The number of ether oxygens (including phenoxy) is 1. The first-order valence-corrected chi connectivity index (χ1v) is 11.3. The summed E-state index contributed by atoms with van der Waals surface area (Å²) in [6.45, 7) is 12.1. The van der Waals surface area contributed by atoms with Gasteiger partial charge in [-0.1, -0.05) is 31.6 Å². The minimum absolute atomic E-state index is 0.000814. The molecule has 0 unspecified atom stereocenters. The van der Waals surface area contributed by atoms with Gasteiger partial charge < -0.3 is 15.2 Å². The summed E-state index contributed by atoms with van der Waals surface area (Å²) in [4.78, 5) is 25.5. The van der Waals surface area contributed by atoms with Crippen molar-refractivity contribution in [3.8, 4) is 0 Å². The lowest BCUT2D eigenvalue weighted by atomic mass is 9.55. The molecule has 0 radical (unpaired) electrons. The molecule has 30 heavy (non-hydrogen) atoms. The molecule has 0 spiro atoms. The molecule has 5 heteroatoms. The fourth-order valence-electron chi connectivity index (χ4n) is 6.68. The Balaban J connectivity index is 1.76. The number of aliphatic hydroxyl groups is 1. The third kappa shape index (κ3) is 3.04. The lowest BCUT2D eigenvalue weighted by Gasteiger charge is -2.49. The standard InChI is InChI=1S/C25H35NO4/c1-13(2)11-19-25(29)16(5)17-8-7-14(3)21(17)22(28)23(25)24(6,30-19)10-9-18-15(4)12-20(27)26-18/h9,11-12,14,16-17,19,21,23,29H,7-8,10H2,1-6H3,(H,26,27)/b18-9-/t14-,16-,17-,19+,21-,23-,24-,25-/m0/s1. The Hall–Kier alpha value is -1.72. The predicted octanol–water partition coefficient (Wildman–Crippen LogP) is 3.69. The van der Waals surface area contributed by atoms with Crippen molar-refractivity contribution in [3.63, 3.8) is 0 Å². The Morgan fingerprint density at radius 3 is 2.60 bits per heavy atom. The summed E-state index contributed by atoms with van der Waals surface area (Å²) in [7, 11) is 0. The van der Waals surface area contributed by atoms with Gasteiger partial charge in [-0.3, -0.25) is 9.59 Å². The number of fused-ring (bicyclic) bond motifs is 2. The summed E-state index contributed by atoms with van der Waals surface area (Å²) in [5.74, 6) is 0.00107. The van der Waals surface area contributed by atoms with E-state index in [1.54, 1.807) is 6.08 Å². The van der Waals surface area contributed by atoms with Crippen molar-refractivity contribution in [2.45, 2.75) is 78.1 Å². The van der Waals surface area contributed by atoms with Gasteiger partial charge in [-0.15, -0.1) is 0 Å². The molecule has 164 valence electrons. The van der Waals surface area contributed by atoms with Gasteiger partial charge in [0.2, 0.25) is 5.91 Å². The number of ketones is 1. The zero-order valence-electron chi connectivity index (χ0n) is 19.0. The monoisotopic (exact) mass is 413 g/mol. The quantitative estimate of drug-likeness (QED) is 0.692. The van der Waals surface area contributed by atoms with E-state index in [0.717, 1.165) is 29.7 Å². The van der Waals surface area contributed by atoms with E-state index in [1.807, 2.05) is 39.8 Å². The van der Waals surface area contributed by atoms with Crippen LogP contribution in [0.15, 0.2) is 35.1 Å². The van der Waals surface area contributed by atoms with Gasteiger partial charge in [0, 0.05) is 17.7 Å². The van der Waals surface area contributed by atoms with Crippen LogP contribution in [0.25, 0.3) is 0 Å². The number of amides is 1. The first-order chi connectivity index (χ1) is 14.0. The van der Waals surface area contributed by atoms with Gasteiger partial charge in [-0.2, -0.15) is 0 Å². The molecule has 1 amide bonds. The van der Waals surface area contributed by atoms with Crippen LogP contribution < -0.4 is 5.32 Å². The lowest BCUT2D eigenvalue weighted by Crippen LogP contribution is -2.62. The molecule has 2 saturated carbocycles. The number of nitrogens with one attached hydrogen (secondary N) is 1. The summed E-state index contributed by atoms with van der Waals surface area (Å²) in [5.41, 5.74) is 0.674. The molecular formula is C25H35NO4. The average Bonchev–Trinajstić information content (AvgIpc) is 3.25. The van der Waals surface area contributed by atoms with Crippen molar-refractivity contribution in [3.05, 3.63) is 35.1 Å². The Bertz CT molecular complexity index is 866. The van der Waals surface area contributed by atoms with Crippen LogP contribution in [0.1, 0.15) is 60.8 Å². The zero-order valence-corrected chi connectivity index (χ0v) is 19.0. The molecule has 5 nitrogen and oxygen atoms in total. The van der Waals surface area contributed by atoms with Gasteiger partial charge in [0.1, 0.15) is 17.5 Å². The molecule has 0 aromatic carbocycles. The van der Waals surface area contributed by atoms with E-state index in [9.17, 15) is 14.7 Å². The highest BCUT2D eigenvalue weighted by Gasteiger charge is 2.71. The average molecular weight is 414 g/mol. The summed E-state index contributed by atoms with van der Waals surface area (Å²) in [5, 5.41) is 15.0. The normalized spacial score (nSPS) is 46.5. The molecule has 0 aromatic rings. The van der Waals surface area contributed by atoms with Gasteiger partial charge in [-0.05, 0) is 70.3 Å². The van der Waals surface area contributed by atoms with Crippen LogP contribution in [0.5, 0.6) is 0 Å². The minimum atomic E-state index is -1.21. The van der Waals surface area contributed by atoms with Gasteiger partial charge >= 0.3 is 0 Å². The van der Waals surface area contributed by atoms with Gasteiger partial charge in [0.05, 0.1) is 11.5 Å². The highest BCUT2D eigenvalue weighted by atomic mass is 16.5. The van der Waals surface area contributed by atoms with E-state index < -0.39 is 23.2 Å². The Kier molecular flexibility index (Phi) is 5.14. The van der Waals surface area contributed by atoms with Gasteiger partial charge in [0.25, 0.3) is 0 Å². The van der Waals surface area contributed by atoms with Crippen LogP contribution in [0.4, 0.5) is 0 Å². The maximum atomic E-state index is 13.8. The molecule has 2 aliphatic heterocycles. The fourth-order valence-corrected chi connectivity index (χ4v) is 6.68. The zero-order chi connectivity index (χ0) is 22.0. The topological polar surface area (TPSA) is 75.6 Å². The molecule has 2 N–H and O–H groups in total. The first-order valence-electron chi connectivity index (χ1n) is 11.3. The first kappa shape index (κ1) is 21.5. The van der Waals surface area contributed by atoms with Crippen LogP contribution >= 0.6 is 0 Å². The number of carbonyl (C=O) groups is 2. The molecular weight excluding hydrogens is 378 g/mol. The predicted molar refractivity (Wildman–Crippen MR) is 115 cm³/mol. The molecule has 0 bridgehead atoms. The van der Waals surface area contributed by atoms with E-state index >= 15 is 0 Å². The molecule has 4 aliphatic rings. The molecule has 4 rings (SSSR count). The van der Waals surface area contributed by atoms with Crippen molar-refractivity contribution in [1.29, 1.82) is 0 Å². The lowest BCUT2D eigenvalue weighted by molar-refractivity contribution is -0.160. The highest BCUT2D eigenvalue weighted by Crippen LogP contribution is 2.60. The number of carbonyl (C=O) groups excluding carboxylic acids is 2. The third-order valence-electron chi connectivity index (χ3n) is 8.17. The Morgan fingerprint density at radius 2 is 2.00 bits per heavy atom. The molecule has 3 fully saturated rings. The van der Waals surface area contributed by atoms with Crippen LogP contribution in [0.2, 0.25) is 0 Å². The molecule has 2 heterocycles. The number of allylic oxidation sites excluding steroid dienone is 2. The second kappa shape index (κ2) is 7.16. The fraction of sp³-hybridized carbons (Fsp3) is 0.680.